The van der Waals surface area contributed by atoms with E-state index in [1.807, 2.05) is 24.3 Å². The van der Waals surface area contributed by atoms with E-state index in [0.29, 0.717) is 12.2 Å². The average Bonchev–Trinajstić information content (AvgIpc) is 2.96. The molecule has 0 atom stereocenters. The minimum absolute atomic E-state index is 0.190. The highest BCUT2D eigenvalue weighted by atomic mass is 16.5. The smallest absolute Gasteiger partial charge is 0.270 e. The molecule has 1 N–H and O–H groups in total. The first kappa shape index (κ1) is 14.1. The Morgan fingerprint density at radius 2 is 1.95 bits per heavy atom. The summed E-state index contributed by atoms with van der Waals surface area (Å²) in [6.45, 7) is 2.73. The molecule has 5 nitrogen and oxygen atoms in total. The van der Waals surface area contributed by atoms with Crippen LogP contribution in [0.1, 0.15) is 23.7 Å². The van der Waals surface area contributed by atoms with Gasteiger partial charge in [-0.05, 0) is 42.8 Å². The molecule has 1 aromatic heterocycles. The van der Waals surface area contributed by atoms with Crippen LogP contribution in [0.25, 0.3) is 11.0 Å². The molecule has 2 aromatic carbocycles. The third-order valence-electron chi connectivity index (χ3n) is 3.26. The predicted molar refractivity (Wildman–Crippen MR) is 85.7 cm³/mol. The predicted octanol–water partition coefficient (Wildman–Crippen LogP) is 3.21. The number of para-hydroxylation sites is 2. The van der Waals surface area contributed by atoms with Crippen LogP contribution in [0, 0.1) is 0 Å². The molecule has 0 unspecified atom stereocenters. The van der Waals surface area contributed by atoms with Crippen molar-refractivity contribution in [1.82, 2.24) is 9.66 Å². The quantitative estimate of drug-likeness (QED) is 0.786. The number of nitrogens with one attached hydrogen (secondary N) is 1. The number of hydrogen-bond donors (Lipinski definition) is 1. The minimum atomic E-state index is -0.190. The highest BCUT2D eigenvalue weighted by molar-refractivity contribution is 6.00. The number of imidazole rings is 1. The molecular formula is C17H17N3O2. The zero-order valence-electron chi connectivity index (χ0n) is 12.3. The number of amides is 1. The third-order valence-corrected chi connectivity index (χ3v) is 3.26. The molecule has 3 aromatic rings. The van der Waals surface area contributed by atoms with E-state index >= 15 is 0 Å². The highest BCUT2D eigenvalue weighted by Gasteiger charge is 2.08. The van der Waals surface area contributed by atoms with Crippen LogP contribution in [-0.4, -0.2) is 22.2 Å². The summed E-state index contributed by atoms with van der Waals surface area (Å²) in [5, 5.41) is 0. The van der Waals surface area contributed by atoms with Crippen molar-refractivity contribution in [2.24, 2.45) is 0 Å². The van der Waals surface area contributed by atoms with Gasteiger partial charge in [0.25, 0.3) is 5.91 Å². The molecule has 3 rings (SSSR count). The summed E-state index contributed by atoms with van der Waals surface area (Å²) in [6.07, 6.45) is 2.55. The Labute approximate surface area is 128 Å². The Kier molecular flexibility index (Phi) is 4.05. The van der Waals surface area contributed by atoms with Crippen molar-refractivity contribution < 1.29 is 9.53 Å². The summed E-state index contributed by atoms with van der Waals surface area (Å²) in [5.74, 6) is 0.580. The lowest BCUT2D eigenvalue weighted by Crippen LogP contribution is -2.21. The van der Waals surface area contributed by atoms with Crippen LogP contribution >= 0.6 is 0 Å². The monoisotopic (exact) mass is 295 g/mol. The van der Waals surface area contributed by atoms with Gasteiger partial charge in [-0.25, -0.2) is 9.66 Å². The zero-order valence-corrected chi connectivity index (χ0v) is 12.3. The molecule has 0 aliphatic rings. The van der Waals surface area contributed by atoms with Gasteiger partial charge in [0.05, 0.1) is 17.6 Å². The molecule has 0 bridgehead atoms. The fourth-order valence-corrected chi connectivity index (χ4v) is 2.14. The van der Waals surface area contributed by atoms with E-state index in [-0.39, 0.29) is 5.91 Å². The van der Waals surface area contributed by atoms with E-state index in [9.17, 15) is 4.79 Å². The summed E-state index contributed by atoms with van der Waals surface area (Å²) in [6, 6.07) is 14.7. The number of ether oxygens (including phenoxy) is 1. The van der Waals surface area contributed by atoms with Gasteiger partial charge >= 0.3 is 0 Å². The van der Waals surface area contributed by atoms with Crippen LogP contribution in [0.4, 0.5) is 0 Å². The van der Waals surface area contributed by atoms with Crippen molar-refractivity contribution in [1.29, 1.82) is 0 Å². The van der Waals surface area contributed by atoms with Crippen LogP contribution in [0.2, 0.25) is 0 Å². The van der Waals surface area contributed by atoms with Gasteiger partial charge in [-0.15, -0.1) is 0 Å². The Morgan fingerprint density at radius 1 is 1.18 bits per heavy atom. The Morgan fingerprint density at radius 3 is 2.73 bits per heavy atom. The topological polar surface area (TPSA) is 56.1 Å². The van der Waals surface area contributed by atoms with Gasteiger partial charge in [0.2, 0.25) is 0 Å². The third kappa shape index (κ3) is 2.93. The SMILES string of the molecule is CCCOc1ccc(C(=O)Nn2cnc3ccccc32)cc1. The van der Waals surface area contributed by atoms with Crippen LogP contribution in [-0.2, 0) is 0 Å². The maximum Gasteiger partial charge on any atom is 0.270 e. The molecule has 22 heavy (non-hydrogen) atoms. The first-order chi connectivity index (χ1) is 10.8. The lowest BCUT2D eigenvalue weighted by molar-refractivity contribution is 0.101. The zero-order chi connectivity index (χ0) is 15.4. The summed E-state index contributed by atoms with van der Waals surface area (Å²) >= 11 is 0. The first-order valence-electron chi connectivity index (χ1n) is 7.24. The van der Waals surface area contributed by atoms with Crippen molar-refractivity contribution in [2.45, 2.75) is 13.3 Å². The molecular weight excluding hydrogens is 278 g/mol. The Bertz CT molecular complexity index is 778. The van der Waals surface area contributed by atoms with Gasteiger partial charge in [0.15, 0.2) is 0 Å². The van der Waals surface area contributed by atoms with Crippen molar-refractivity contribution in [3.8, 4) is 5.75 Å². The second-order valence-electron chi connectivity index (χ2n) is 4.92. The van der Waals surface area contributed by atoms with E-state index < -0.39 is 0 Å². The van der Waals surface area contributed by atoms with Crippen molar-refractivity contribution in [2.75, 3.05) is 12.0 Å². The van der Waals surface area contributed by atoms with E-state index in [4.69, 9.17) is 4.74 Å². The van der Waals surface area contributed by atoms with Crippen LogP contribution in [0.15, 0.2) is 54.9 Å². The van der Waals surface area contributed by atoms with Gasteiger partial charge in [-0.1, -0.05) is 19.1 Å². The number of benzene rings is 2. The van der Waals surface area contributed by atoms with E-state index in [1.165, 1.54) is 0 Å². The van der Waals surface area contributed by atoms with Crippen LogP contribution in [0.5, 0.6) is 5.75 Å². The summed E-state index contributed by atoms with van der Waals surface area (Å²) in [7, 11) is 0. The normalized spacial score (nSPS) is 10.6. The number of nitrogens with zero attached hydrogens (tertiary/aromatic N) is 2. The molecule has 0 spiro atoms. The second-order valence-corrected chi connectivity index (χ2v) is 4.92. The number of rotatable bonds is 5. The maximum atomic E-state index is 12.3. The lowest BCUT2D eigenvalue weighted by Gasteiger charge is -2.08. The lowest BCUT2D eigenvalue weighted by atomic mass is 10.2. The maximum absolute atomic E-state index is 12.3. The highest BCUT2D eigenvalue weighted by Crippen LogP contribution is 2.14. The van der Waals surface area contributed by atoms with Gasteiger partial charge < -0.3 is 4.74 Å². The largest absolute Gasteiger partial charge is 0.494 e. The molecule has 0 aliphatic carbocycles. The molecule has 0 radical (unpaired) electrons. The molecule has 1 heterocycles. The van der Waals surface area contributed by atoms with Gasteiger partial charge in [-0.2, -0.15) is 0 Å². The van der Waals surface area contributed by atoms with E-state index in [0.717, 1.165) is 23.2 Å². The fourth-order valence-electron chi connectivity index (χ4n) is 2.14. The van der Waals surface area contributed by atoms with Crippen molar-refractivity contribution in [3.05, 3.63) is 60.4 Å². The van der Waals surface area contributed by atoms with Crippen molar-refractivity contribution >= 4 is 16.9 Å². The minimum Gasteiger partial charge on any atom is -0.494 e. The standard InChI is InChI=1S/C17H17N3O2/c1-2-11-22-14-9-7-13(8-10-14)17(21)19-20-12-18-15-5-3-4-6-16(15)20/h3-10,12H,2,11H2,1H3,(H,19,21). The average molecular weight is 295 g/mol. The van der Waals surface area contributed by atoms with Gasteiger partial charge in [-0.3, -0.25) is 10.2 Å². The summed E-state index contributed by atoms with van der Waals surface area (Å²) < 4.78 is 7.13. The molecule has 0 aliphatic heterocycles. The number of carbonyl (C=O) groups excluding carboxylic acids is 1. The molecule has 1 amide bonds. The summed E-state index contributed by atoms with van der Waals surface area (Å²) in [5.41, 5.74) is 5.09. The van der Waals surface area contributed by atoms with Crippen LogP contribution in [0.3, 0.4) is 0 Å². The molecule has 112 valence electrons. The molecule has 5 heteroatoms. The van der Waals surface area contributed by atoms with E-state index in [1.54, 1.807) is 35.3 Å². The number of fused-ring (bicyclic) bond motifs is 1. The number of hydrogen-bond acceptors (Lipinski definition) is 3. The van der Waals surface area contributed by atoms with Crippen molar-refractivity contribution in [3.63, 3.8) is 0 Å². The Balaban J connectivity index is 1.74. The summed E-state index contributed by atoms with van der Waals surface area (Å²) in [4.78, 5) is 16.5. The van der Waals surface area contributed by atoms with Gasteiger partial charge in [0, 0.05) is 5.56 Å². The van der Waals surface area contributed by atoms with Gasteiger partial charge in [0.1, 0.15) is 12.1 Å². The molecule has 0 saturated carbocycles. The van der Waals surface area contributed by atoms with Crippen LogP contribution < -0.4 is 10.2 Å². The fraction of sp³-hybridized carbons (Fsp3) is 0.176. The number of aromatic nitrogens is 2. The molecule has 0 fully saturated rings. The Hall–Kier alpha value is -2.82. The van der Waals surface area contributed by atoms with E-state index in [2.05, 4.69) is 17.3 Å². The first-order valence-corrected chi connectivity index (χ1v) is 7.24. The second kappa shape index (κ2) is 6.30. The number of carbonyl (C=O) groups is 1. The molecule has 0 saturated heterocycles.